The molecule has 0 atom stereocenters. The van der Waals surface area contributed by atoms with Gasteiger partial charge in [-0.1, -0.05) is 41.9 Å². The van der Waals surface area contributed by atoms with Crippen LogP contribution in [-0.4, -0.2) is 5.33 Å². The number of hydrogen-bond acceptors (Lipinski definition) is 1. The summed E-state index contributed by atoms with van der Waals surface area (Å²) in [6.45, 7) is 4.40. The van der Waals surface area contributed by atoms with Gasteiger partial charge in [0, 0.05) is 10.7 Å². The van der Waals surface area contributed by atoms with Crippen molar-refractivity contribution in [3.8, 4) is 6.07 Å². The van der Waals surface area contributed by atoms with Crippen LogP contribution < -0.4 is 0 Å². The fourth-order valence-electron chi connectivity index (χ4n) is 2.14. The summed E-state index contributed by atoms with van der Waals surface area (Å²) in [6.07, 6.45) is 2.27. The molecule has 0 saturated carbocycles. The van der Waals surface area contributed by atoms with E-state index in [9.17, 15) is 0 Å². The van der Waals surface area contributed by atoms with Gasteiger partial charge in [0.05, 0.1) is 11.6 Å². The molecule has 0 aromatic heterocycles. The van der Waals surface area contributed by atoms with Gasteiger partial charge in [-0.2, -0.15) is 5.26 Å². The zero-order chi connectivity index (χ0) is 11.1. The highest BCUT2D eigenvalue weighted by molar-refractivity contribution is 9.09. The van der Waals surface area contributed by atoms with Crippen molar-refractivity contribution in [3.63, 3.8) is 0 Å². The van der Waals surface area contributed by atoms with Gasteiger partial charge in [0.2, 0.25) is 0 Å². The molecule has 2 heteroatoms. The third-order valence-corrected chi connectivity index (χ3v) is 3.47. The summed E-state index contributed by atoms with van der Waals surface area (Å²) in [5.74, 6) is 0. The van der Waals surface area contributed by atoms with Gasteiger partial charge in [0.25, 0.3) is 0 Å². The molecule has 0 fully saturated rings. The van der Waals surface area contributed by atoms with Crippen molar-refractivity contribution in [3.05, 3.63) is 41.0 Å². The summed E-state index contributed by atoms with van der Waals surface area (Å²) in [7, 11) is 0. The Bertz CT molecular complexity index is 478. The molecule has 1 aliphatic carbocycles. The van der Waals surface area contributed by atoms with Gasteiger partial charge in [-0.15, -0.1) is 0 Å². The number of alkyl halides is 1. The molecule has 1 aliphatic rings. The topological polar surface area (TPSA) is 23.8 Å². The van der Waals surface area contributed by atoms with E-state index in [1.807, 2.05) is 12.1 Å². The number of allylic oxidation sites excluding steroid dienone is 2. The summed E-state index contributed by atoms with van der Waals surface area (Å²) < 4.78 is 0. The second-order valence-electron chi connectivity index (χ2n) is 4.40. The van der Waals surface area contributed by atoms with E-state index in [0.717, 1.165) is 10.9 Å². The van der Waals surface area contributed by atoms with Crippen LogP contribution in [0.5, 0.6) is 0 Å². The summed E-state index contributed by atoms with van der Waals surface area (Å²) in [6, 6.07) is 8.13. The van der Waals surface area contributed by atoms with E-state index in [2.05, 4.69) is 48.0 Å². The van der Waals surface area contributed by atoms with Crippen molar-refractivity contribution in [1.82, 2.24) is 0 Å². The van der Waals surface area contributed by atoms with E-state index >= 15 is 0 Å². The third kappa shape index (κ3) is 1.61. The molecule has 0 amide bonds. The highest BCUT2D eigenvalue weighted by Gasteiger charge is 2.29. The van der Waals surface area contributed by atoms with Crippen molar-refractivity contribution >= 4 is 21.5 Å². The second-order valence-corrected chi connectivity index (χ2v) is 4.96. The molecule has 1 nitrogen and oxygen atoms in total. The molecular formula is C13H12BrN. The van der Waals surface area contributed by atoms with Gasteiger partial charge in [-0.3, -0.25) is 0 Å². The normalized spacial score (nSPS) is 16.8. The number of fused-ring (bicyclic) bond motifs is 1. The number of halogens is 1. The number of nitriles is 1. The first-order valence-corrected chi connectivity index (χ1v) is 6.03. The number of rotatable bonds is 1. The van der Waals surface area contributed by atoms with Crippen molar-refractivity contribution in [1.29, 1.82) is 5.26 Å². The molecule has 0 radical (unpaired) electrons. The minimum Gasteiger partial charge on any atom is -0.192 e. The van der Waals surface area contributed by atoms with Gasteiger partial charge >= 0.3 is 0 Å². The molecule has 0 saturated heterocycles. The lowest BCUT2D eigenvalue weighted by molar-refractivity contribution is 0.683. The average Bonchev–Trinajstić information content (AvgIpc) is 2.50. The van der Waals surface area contributed by atoms with Crippen LogP contribution in [0.2, 0.25) is 0 Å². The first-order valence-electron chi connectivity index (χ1n) is 4.91. The lowest BCUT2D eigenvalue weighted by Gasteiger charge is -2.17. The maximum absolute atomic E-state index is 8.88. The summed E-state index contributed by atoms with van der Waals surface area (Å²) >= 11 is 3.49. The number of benzene rings is 1. The lowest BCUT2D eigenvalue weighted by atomic mass is 9.87. The van der Waals surface area contributed by atoms with Crippen molar-refractivity contribution in [2.75, 3.05) is 5.33 Å². The molecule has 0 spiro atoms. The first-order chi connectivity index (χ1) is 7.08. The SMILES string of the molecule is CC1(C)C=C(CBr)c2cc(C#N)ccc21. The fourth-order valence-corrected chi connectivity index (χ4v) is 2.61. The van der Waals surface area contributed by atoms with Crippen molar-refractivity contribution in [2.24, 2.45) is 0 Å². The van der Waals surface area contributed by atoms with Crippen LogP contribution >= 0.6 is 15.9 Å². The first kappa shape index (κ1) is 10.4. The number of hydrogen-bond donors (Lipinski definition) is 0. The largest absolute Gasteiger partial charge is 0.192 e. The van der Waals surface area contributed by atoms with Crippen LogP contribution in [0.3, 0.4) is 0 Å². The fraction of sp³-hybridized carbons (Fsp3) is 0.308. The van der Waals surface area contributed by atoms with E-state index in [1.54, 1.807) is 0 Å². The Labute approximate surface area is 98.6 Å². The summed E-state index contributed by atoms with van der Waals surface area (Å²) in [5, 5.41) is 9.72. The zero-order valence-corrected chi connectivity index (χ0v) is 10.4. The van der Waals surface area contributed by atoms with Crippen LogP contribution in [0.4, 0.5) is 0 Å². The Morgan fingerprint density at radius 2 is 2.13 bits per heavy atom. The minimum atomic E-state index is 0.0897. The molecule has 1 aromatic carbocycles. The zero-order valence-electron chi connectivity index (χ0n) is 8.84. The molecule has 1 aromatic rings. The second kappa shape index (κ2) is 3.50. The van der Waals surface area contributed by atoms with Gasteiger partial charge in [0.1, 0.15) is 0 Å². The Hall–Kier alpha value is -1.07. The van der Waals surface area contributed by atoms with E-state index < -0.39 is 0 Å². The molecule has 0 N–H and O–H groups in total. The van der Waals surface area contributed by atoms with Crippen LogP contribution in [0.15, 0.2) is 24.3 Å². The molecule has 0 heterocycles. The highest BCUT2D eigenvalue weighted by Crippen LogP contribution is 2.41. The van der Waals surface area contributed by atoms with Crippen LogP contribution in [0.25, 0.3) is 5.57 Å². The Morgan fingerprint density at radius 1 is 1.40 bits per heavy atom. The van der Waals surface area contributed by atoms with Gasteiger partial charge in [-0.25, -0.2) is 0 Å². The monoisotopic (exact) mass is 261 g/mol. The van der Waals surface area contributed by atoms with E-state index in [-0.39, 0.29) is 5.41 Å². The highest BCUT2D eigenvalue weighted by atomic mass is 79.9. The minimum absolute atomic E-state index is 0.0897. The average molecular weight is 262 g/mol. The van der Waals surface area contributed by atoms with Crippen LogP contribution in [-0.2, 0) is 5.41 Å². The van der Waals surface area contributed by atoms with E-state index in [0.29, 0.717) is 0 Å². The van der Waals surface area contributed by atoms with E-state index in [1.165, 1.54) is 16.7 Å². The molecule has 2 rings (SSSR count). The predicted octanol–water partition coefficient (Wildman–Crippen LogP) is 3.63. The smallest absolute Gasteiger partial charge is 0.0991 e. The van der Waals surface area contributed by atoms with Gasteiger partial charge < -0.3 is 0 Å². The Balaban J connectivity index is 2.63. The Kier molecular flexibility index (Phi) is 2.44. The molecule has 15 heavy (non-hydrogen) atoms. The van der Waals surface area contributed by atoms with Crippen LogP contribution in [0, 0.1) is 11.3 Å². The van der Waals surface area contributed by atoms with Gasteiger partial charge in [0.15, 0.2) is 0 Å². The third-order valence-electron chi connectivity index (χ3n) is 2.87. The summed E-state index contributed by atoms with van der Waals surface area (Å²) in [5.41, 5.74) is 4.64. The van der Waals surface area contributed by atoms with Crippen LogP contribution in [0.1, 0.15) is 30.5 Å². The molecule has 0 unspecified atom stereocenters. The standard InChI is InChI=1S/C13H12BrN/c1-13(2)6-10(7-14)11-5-9(8-15)3-4-12(11)13/h3-6H,7H2,1-2H3. The quantitative estimate of drug-likeness (QED) is 0.709. The number of nitrogens with zero attached hydrogens (tertiary/aromatic N) is 1. The maximum atomic E-state index is 8.88. The van der Waals surface area contributed by atoms with Crippen molar-refractivity contribution < 1.29 is 0 Å². The molecule has 76 valence electrons. The lowest BCUT2D eigenvalue weighted by Crippen LogP contribution is -2.10. The van der Waals surface area contributed by atoms with Crippen molar-refractivity contribution in [2.45, 2.75) is 19.3 Å². The van der Waals surface area contributed by atoms with Gasteiger partial charge in [-0.05, 0) is 28.8 Å². The molecular weight excluding hydrogens is 250 g/mol. The predicted molar refractivity (Wildman–Crippen MR) is 66.0 cm³/mol. The Morgan fingerprint density at radius 3 is 2.73 bits per heavy atom. The molecule has 0 bridgehead atoms. The molecule has 0 aliphatic heterocycles. The summed E-state index contributed by atoms with van der Waals surface area (Å²) in [4.78, 5) is 0. The maximum Gasteiger partial charge on any atom is 0.0991 e. The van der Waals surface area contributed by atoms with E-state index in [4.69, 9.17) is 5.26 Å².